The second-order valence-electron chi connectivity index (χ2n) is 4.87. The number of rotatable bonds is 3. The average Bonchev–Trinajstić information content (AvgIpc) is 2.73. The van der Waals surface area contributed by atoms with Crippen molar-refractivity contribution >= 4 is 0 Å². The molecule has 0 spiro atoms. The largest absolute Gasteiger partial charge is 0.508 e. The van der Waals surface area contributed by atoms with E-state index in [0.29, 0.717) is 17.9 Å². The van der Waals surface area contributed by atoms with E-state index in [-0.39, 0.29) is 6.04 Å². The van der Waals surface area contributed by atoms with Gasteiger partial charge in [-0.2, -0.15) is 0 Å². The molecule has 1 heterocycles. The van der Waals surface area contributed by atoms with Crippen molar-refractivity contribution in [2.24, 2.45) is 0 Å². The van der Waals surface area contributed by atoms with Crippen molar-refractivity contribution in [3.8, 4) is 5.75 Å². The first-order chi connectivity index (χ1) is 8.09. The van der Waals surface area contributed by atoms with E-state index in [9.17, 15) is 5.11 Å². The minimum atomic E-state index is 0.288. The lowest BCUT2D eigenvalue weighted by molar-refractivity contribution is 0.0704. The standard InChI is InChI=1S/C14H21NO2/c1-10(12-5-4-6-13(16)9-12)15(3)14-7-8-17-11(14)2/h4-6,9-11,14,16H,7-8H2,1-3H3. The molecule has 1 N–H and O–H groups in total. The number of nitrogens with zero attached hydrogens (tertiary/aromatic N) is 1. The van der Waals surface area contributed by atoms with Crippen LogP contribution in [0, 0.1) is 0 Å². The van der Waals surface area contributed by atoms with Crippen LogP contribution >= 0.6 is 0 Å². The molecule has 3 heteroatoms. The number of aromatic hydroxyl groups is 1. The molecule has 0 aromatic heterocycles. The molecule has 94 valence electrons. The predicted molar refractivity (Wildman–Crippen MR) is 68.1 cm³/mol. The van der Waals surface area contributed by atoms with Gasteiger partial charge in [0.1, 0.15) is 5.75 Å². The van der Waals surface area contributed by atoms with Crippen LogP contribution < -0.4 is 0 Å². The summed E-state index contributed by atoms with van der Waals surface area (Å²) in [5.41, 5.74) is 1.15. The van der Waals surface area contributed by atoms with Gasteiger partial charge in [-0.15, -0.1) is 0 Å². The average molecular weight is 235 g/mol. The fourth-order valence-corrected chi connectivity index (χ4v) is 2.56. The molecule has 0 radical (unpaired) electrons. The summed E-state index contributed by atoms with van der Waals surface area (Å²) >= 11 is 0. The number of benzene rings is 1. The molecule has 0 amide bonds. The summed E-state index contributed by atoms with van der Waals surface area (Å²) in [4.78, 5) is 2.34. The summed E-state index contributed by atoms with van der Waals surface area (Å²) in [6.07, 6.45) is 1.38. The van der Waals surface area contributed by atoms with E-state index in [1.54, 1.807) is 6.07 Å². The lowest BCUT2D eigenvalue weighted by atomic mass is 10.0. The first kappa shape index (κ1) is 12.4. The van der Waals surface area contributed by atoms with Crippen LogP contribution in [0.5, 0.6) is 5.75 Å². The van der Waals surface area contributed by atoms with Gasteiger partial charge in [-0.05, 0) is 45.0 Å². The van der Waals surface area contributed by atoms with Gasteiger partial charge in [-0.1, -0.05) is 12.1 Å². The molecule has 0 saturated carbocycles. The number of phenolic OH excluding ortho intramolecular Hbond substituents is 1. The highest BCUT2D eigenvalue weighted by Crippen LogP contribution is 2.28. The Hall–Kier alpha value is -1.06. The Labute approximate surface area is 103 Å². The molecule has 1 saturated heterocycles. The summed E-state index contributed by atoms with van der Waals surface area (Å²) in [5.74, 6) is 0.332. The number of ether oxygens (including phenoxy) is 1. The SMILES string of the molecule is CC1OCCC1N(C)C(C)c1cccc(O)c1. The van der Waals surface area contributed by atoms with Crippen LogP contribution in [0.1, 0.15) is 31.9 Å². The molecule has 1 aromatic rings. The third-order valence-corrected chi connectivity index (χ3v) is 3.82. The van der Waals surface area contributed by atoms with Crippen LogP contribution in [0.2, 0.25) is 0 Å². The first-order valence-electron chi connectivity index (χ1n) is 6.22. The molecule has 1 aliphatic rings. The Balaban J connectivity index is 2.11. The minimum absolute atomic E-state index is 0.288. The molecule has 3 nitrogen and oxygen atoms in total. The van der Waals surface area contributed by atoms with Gasteiger partial charge >= 0.3 is 0 Å². The van der Waals surface area contributed by atoms with E-state index >= 15 is 0 Å². The van der Waals surface area contributed by atoms with Gasteiger partial charge in [0, 0.05) is 18.7 Å². The van der Waals surface area contributed by atoms with Gasteiger partial charge in [-0.25, -0.2) is 0 Å². The van der Waals surface area contributed by atoms with Gasteiger partial charge in [-0.3, -0.25) is 4.90 Å². The zero-order valence-electron chi connectivity index (χ0n) is 10.8. The number of likely N-dealkylation sites (N-methyl/N-ethyl adjacent to an activating group) is 1. The highest BCUT2D eigenvalue weighted by molar-refractivity contribution is 5.29. The van der Waals surface area contributed by atoms with E-state index in [0.717, 1.165) is 18.6 Å². The van der Waals surface area contributed by atoms with E-state index in [1.807, 2.05) is 12.1 Å². The summed E-state index contributed by atoms with van der Waals surface area (Å²) in [5, 5.41) is 9.52. The zero-order chi connectivity index (χ0) is 12.4. The first-order valence-corrected chi connectivity index (χ1v) is 6.22. The normalized spacial score (nSPS) is 26.4. The maximum Gasteiger partial charge on any atom is 0.115 e. The summed E-state index contributed by atoms with van der Waals surface area (Å²) in [7, 11) is 2.13. The third kappa shape index (κ3) is 2.61. The predicted octanol–water partition coefficient (Wildman–Crippen LogP) is 2.56. The quantitative estimate of drug-likeness (QED) is 0.874. The van der Waals surface area contributed by atoms with Crippen LogP contribution in [0.25, 0.3) is 0 Å². The molecule has 3 atom stereocenters. The lowest BCUT2D eigenvalue weighted by Gasteiger charge is -2.32. The minimum Gasteiger partial charge on any atom is -0.508 e. The van der Waals surface area contributed by atoms with E-state index < -0.39 is 0 Å². The topological polar surface area (TPSA) is 32.7 Å². The van der Waals surface area contributed by atoms with Gasteiger partial charge in [0.05, 0.1) is 6.10 Å². The molecular weight excluding hydrogens is 214 g/mol. The number of hydrogen-bond donors (Lipinski definition) is 1. The number of hydrogen-bond acceptors (Lipinski definition) is 3. The van der Waals surface area contributed by atoms with Crippen molar-refractivity contribution in [3.63, 3.8) is 0 Å². The van der Waals surface area contributed by atoms with Crippen molar-refractivity contribution in [1.29, 1.82) is 0 Å². The maximum atomic E-state index is 9.52. The molecule has 1 aromatic carbocycles. The van der Waals surface area contributed by atoms with E-state index in [2.05, 4.69) is 31.9 Å². The van der Waals surface area contributed by atoms with Crippen LogP contribution in [0.4, 0.5) is 0 Å². The summed E-state index contributed by atoms with van der Waals surface area (Å²) in [6, 6.07) is 8.24. The van der Waals surface area contributed by atoms with Crippen LogP contribution in [-0.2, 0) is 4.74 Å². The van der Waals surface area contributed by atoms with Crippen LogP contribution in [0.15, 0.2) is 24.3 Å². The smallest absolute Gasteiger partial charge is 0.115 e. The highest BCUT2D eigenvalue weighted by atomic mass is 16.5. The van der Waals surface area contributed by atoms with Crippen molar-refractivity contribution in [3.05, 3.63) is 29.8 Å². The van der Waals surface area contributed by atoms with Crippen LogP contribution in [0.3, 0.4) is 0 Å². The summed E-state index contributed by atoms with van der Waals surface area (Å²) < 4.78 is 5.61. The van der Waals surface area contributed by atoms with Gasteiger partial charge in [0.25, 0.3) is 0 Å². The van der Waals surface area contributed by atoms with Crippen molar-refractivity contribution in [2.45, 2.75) is 38.5 Å². The molecular formula is C14H21NO2. The van der Waals surface area contributed by atoms with E-state index in [1.165, 1.54) is 0 Å². The van der Waals surface area contributed by atoms with Gasteiger partial charge in [0.15, 0.2) is 0 Å². The number of phenols is 1. The molecule has 17 heavy (non-hydrogen) atoms. The fourth-order valence-electron chi connectivity index (χ4n) is 2.56. The Bertz CT molecular complexity index is 380. The molecule has 1 aliphatic heterocycles. The molecule has 0 bridgehead atoms. The zero-order valence-corrected chi connectivity index (χ0v) is 10.8. The van der Waals surface area contributed by atoms with Gasteiger partial charge < -0.3 is 9.84 Å². The Kier molecular flexibility index (Phi) is 3.69. The monoisotopic (exact) mass is 235 g/mol. The molecule has 3 unspecified atom stereocenters. The van der Waals surface area contributed by atoms with E-state index in [4.69, 9.17) is 4.74 Å². The highest BCUT2D eigenvalue weighted by Gasteiger charge is 2.30. The maximum absolute atomic E-state index is 9.52. The molecule has 0 aliphatic carbocycles. The third-order valence-electron chi connectivity index (χ3n) is 3.82. The fraction of sp³-hybridized carbons (Fsp3) is 0.571. The van der Waals surface area contributed by atoms with Crippen molar-refractivity contribution in [1.82, 2.24) is 4.90 Å². The van der Waals surface area contributed by atoms with Crippen molar-refractivity contribution in [2.75, 3.05) is 13.7 Å². The molecule has 1 fully saturated rings. The van der Waals surface area contributed by atoms with Crippen LogP contribution in [-0.4, -0.2) is 35.8 Å². The summed E-state index contributed by atoms with van der Waals surface area (Å²) in [6.45, 7) is 5.14. The Morgan fingerprint density at radius 3 is 2.82 bits per heavy atom. The Morgan fingerprint density at radius 2 is 2.24 bits per heavy atom. The Morgan fingerprint density at radius 1 is 1.47 bits per heavy atom. The second kappa shape index (κ2) is 5.07. The van der Waals surface area contributed by atoms with Gasteiger partial charge in [0.2, 0.25) is 0 Å². The second-order valence-corrected chi connectivity index (χ2v) is 4.87. The lowest BCUT2D eigenvalue weighted by Crippen LogP contribution is -2.38. The molecule has 2 rings (SSSR count). The van der Waals surface area contributed by atoms with Crippen molar-refractivity contribution < 1.29 is 9.84 Å².